The normalized spacial score (nSPS) is 23.7. The number of dihydropyridines is 1. The first-order chi connectivity index (χ1) is 10.5. The predicted molar refractivity (Wildman–Crippen MR) is 88.7 cm³/mol. The Morgan fingerprint density at radius 1 is 1.41 bits per heavy atom. The summed E-state index contributed by atoms with van der Waals surface area (Å²) in [6.45, 7) is 3.30. The minimum Gasteiger partial charge on any atom is -0.400 e. The number of ketones is 1. The maximum atomic E-state index is 12.3. The zero-order valence-corrected chi connectivity index (χ0v) is 13.6. The summed E-state index contributed by atoms with van der Waals surface area (Å²) in [7, 11) is 0. The van der Waals surface area contributed by atoms with Gasteiger partial charge in [-0.2, -0.15) is 0 Å². The SMILES string of the molecule is CC(=O)C1=CC2C(N)=C(C(=O)Nc3nccs3)SC2N=C1C. The summed E-state index contributed by atoms with van der Waals surface area (Å²) in [5, 5.41) is 4.85. The fraction of sp³-hybridized carbons (Fsp3) is 0.286. The Balaban J connectivity index is 1.86. The molecule has 0 aromatic carbocycles. The lowest BCUT2D eigenvalue weighted by atomic mass is 9.94. The largest absolute Gasteiger partial charge is 0.400 e. The van der Waals surface area contributed by atoms with Crippen molar-refractivity contribution in [3.63, 3.8) is 0 Å². The zero-order chi connectivity index (χ0) is 15.9. The first kappa shape index (κ1) is 15.0. The number of hydrogen-bond donors (Lipinski definition) is 2. The number of aromatic nitrogens is 1. The highest BCUT2D eigenvalue weighted by Crippen LogP contribution is 2.44. The van der Waals surface area contributed by atoms with Crippen LogP contribution < -0.4 is 11.1 Å². The maximum Gasteiger partial charge on any atom is 0.265 e. The van der Waals surface area contributed by atoms with Crippen molar-refractivity contribution in [2.75, 3.05) is 5.32 Å². The van der Waals surface area contributed by atoms with Crippen LogP contribution in [0, 0.1) is 5.92 Å². The van der Waals surface area contributed by atoms with Gasteiger partial charge in [-0.1, -0.05) is 17.8 Å². The van der Waals surface area contributed by atoms with Crippen LogP contribution in [0.4, 0.5) is 5.13 Å². The molecule has 0 saturated heterocycles. The fourth-order valence-corrected chi connectivity index (χ4v) is 4.18. The highest BCUT2D eigenvalue weighted by molar-refractivity contribution is 8.04. The molecule has 1 amide bonds. The highest BCUT2D eigenvalue weighted by Gasteiger charge is 2.39. The van der Waals surface area contributed by atoms with E-state index in [1.54, 1.807) is 18.5 Å². The molecule has 8 heteroatoms. The number of aliphatic imine (C=N–C) groups is 1. The third-order valence-electron chi connectivity index (χ3n) is 3.46. The summed E-state index contributed by atoms with van der Waals surface area (Å²) in [4.78, 5) is 32.9. The molecule has 1 aromatic heterocycles. The van der Waals surface area contributed by atoms with Crippen LogP contribution in [0.1, 0.15) is 13.8 Å². The second-order valence-electron chi connectivity index (χ2n) is 4.96. The van der Waals surface area contributed by atoms with Crippen molar-refractivity contribution < 1.29 is 9.59 Å². The van der Waals surface area contributed by atoms with E-state index in [2.05, 4.69) is 15.3 Å². The topological polar surface area (TPSA) is 97.4 Å². The molecule has 2 aliphatic rings. The van der Waals surface area contributed by atoms with E-state index < -0.39 is 0 Å². The molecule has 0 spiro atoms. The number of hydrogen-bond acceptors (Lipinski definition) is 7. The van der Waals surface area contributed by atoms with Crippen molar-refractivity contribution in [3.05, 3.63) is 33.8 Å². The summed E-state index contributed by atoms with van der Waals surface area (Å²) in [5.74, 6) is -0.541. The van der Waals surface area contributed by atoms with Crippen LogP contribution >= 0.6 is 23.1 Å². The van der Waals surface area contributed by atoms with E-state index in [-0.39, 0.29) is 23.0 Å². The van der Waals surface area contributed by atoms with Crippen LogP contribution in [0.25, 0.3) is 0 Å². The minimum absolute atomic E-state index is 0.0433. The Morgan fingerprint density at radius 2 is 2.18 bits per heavy atom. The van der Waals surface area contributed by atoms with Crippen molar-refractivity contribution in [2.24, 2.45) is 16.6 Å². The number of carbonyl (C=O) groups is 2. The number of thioether (sulfide) groups is 1. The molecule has 3 rings (SSSR count). The average Bonchev–Trinajstić information content (AvgIpc) is 3.06. The molecular weight excluding hydrogens is 320 g/mol. The van der Waals surface area contributed by atoms with E-state index in [1.807, 2.05) is 6.08 Å². The predicted octanol–water partition coefficient (Wildman–Crippen LogP) is 1.93. The smallest absolute Gasteiger partial charge is 0.265 e. The third-order valence-corrected chi connectivity index (χ3v) is 5.45. The Hall–Kier alpha value is -1.93. The first-order valence-electron chi connectivity index (χ1n) is 6.62. The van der Waals surface area contributed by atoms with Gasteiger partial charge in [0.1, 0.15) is 5.37 Å². The van der Waals surface area contributed by atoms with Gasteiger partial charge in [-0.3, -0.25) is 19.9 Å². The number of nitrogens with two attached hydrogens (primary N) is 1. The van der Waals surface area contributed by atoms with Crippen molar-refractivity contribution in [1.29, 1.82) is 0 Å². The Labute approximate surface area is 135 Å². The lowest BCUT2D eigenvalue weighted by molar-refractivity contribution is -0.113. The minimum atomic E-state index is -0.280. The summed E-state index contributed by atoms with van der Waals surface area (Å²) in [6, 6.07) is 0. The van der Waals surface area contributed by atoms with E-state index >= 15 is 0 Å². The summed E-state index contributed by atoms with van der Waals surface area (Å²) < 4.78 is 0. The van der Waals surface area contributed by atoms with Gasteiger partial charge in [0.15, 0.2) is 10.9 Å². The van der Waals surface area contributed by atoms with E-state index in [1.165, 1.54) is 30.0 Å². The molecule has 0 fully saturated rings. The highest BCUT2D eigenvalue weighted by atomic mass is 32.2. The van der Waals surface area contributed by atoms with Crippen LogP contribution in [-0.4, -0.2) is 27.8 Å². The number of fused-ring (bicyclic) bond motifs is 1. The number of allylic oxidation sites excluding steroid dienone is 1. The van der Waals surface area contributed by atoms with Crippen LogP contribution in [0.15, 0.2) is 38.8 Å². The van der Waals surface area contributed by atoms with E-state index in [0.29, 0.717) is 27.0 Å². The van der Waals surface area contributed by atoms with Crippen molar-refractivity contribution in [2.45, 2.75) is 19.2 Å². The molecule has 3 heterocycles. The molecule has 6 nitrogen and oxygen atoms in total. The number of carbonyl (C=O) groups excluding carboxylic acids is 2. The maximum absolute atomic E-state index is 12.3. The first-order valence-corrected chi connectivity index (χ1v) is 8.38. The number of amides is 1. The molecule has 2 atom stereocenters. The average molecular weight is 334 g/mol. The quantitative estimate of drug-likeness (QED) is 0.880. The molecule has 0 bridgehead atoms. The van der Waals surface area contributed by atoms with Gasteiger partial charge in [0.25, 0.3) is 5.91 Å². The molecule has 3 N–H and O–H groups in total. The molecule has 2 unspecified atom stereocenters. The third kappa shape index (κ3) is 2.59. The lowest BCUT2D eigenvalue weighted by Crippen LogP contribution is -2.24. The standard InChI is InChI=1S/C14H14N4O2S2/c1-6-8(7(2)19)5-9-10(15)11(22-13(9)17-6)12(20)18-14-16-3-4-21-14/h3-5,9,13H,15H2,1-2H3,(H,16,18,20). The van der Waals surface area contributed by atoms with Gasteiger partial charge in [-0.25, -0.2) is 4.98 Å². The van der Waals surface area contributed by atoms with Gasteiger partial charge in [0, 0.05) is 28.6 Å². The van der Waals surface area contributed by atoms with Gasteiger partial charge in [0.05, 0.1) is 10.8 Å². The zero-order valence-electron chi connectivity index (χ0n) is 12.0. The number of anilines is 1. The molecule has 0 saturated carbocycles. The molecule has 0 radical (unpaired) electrons. The van der Waals surface area contributed by atoms with Gasteiger partial charge < -0.3 is 5.73 Å². The fourth-order valence-electron chi connectivity index (χ4n) is 2.40. The molecule has 0 aliphatic carbocycles. The molecule has 1 aromatic rings. The van der Waals surface area contributed by atoms with Gasteiger partial charge >= 0.3 is 0 Å². The number of nitrogens with zero attached hydrogens (tertiary/aromatic N) is 2. The van der Waals surface area contributed by atoms with E-state index in [0.717, 1.165) is 0 Å². The lowest BCUT2D eigenvalue weighted by Gasteiger charge is -2.20. The number of rotatable bonds is 3. The number of thiazole rings is 1. The van der Waals surface area contributed by atoms with Crippen LogP contribution in [0.3, 0.4) is 0 Å². The van der Waals surface area contributed by atoms with E-state index in [9.17, 15) is 9.59 Å². The summed E-state index contributed by atoms with van der Waals surface area (Å²) in [6.07, 6.45) is 3.44. The Bertz CT molecular complexity index is 734. The second-order valence-corrected chi connectivity index (χ2v) is 6.98. The van der Waals surface area contributed by atoms with Crippen LogP contribution in [-0.2, 0) is 9.59 Å². The number of nitrogens with one attached hydrogen (secondary N) is 1. The van der Waals surface area contributed by atoms with Crippen LogP contribution in [0.5, 0.6) is 0 Å². The van der Waals surface area contributed by atoms with Gasteiger partial charge in [0.2, 0.25) is 0 Å². The van der Waals surface area contributed by atoms with Gasteiger partial charge in [-0.15, -0.1) is 11.3 Å². The van der Waals surface area contributed by atoms with Crippen LogP contribution in [0.2, 0.25) is 0 Å². The van der Waals surface area contributed by atoms with Crippen molar-refractivity contribution in [3.8, 4) is 0 Å². The Morgan fingerprint density at radius 3 is 2.82 bits per heavy atom. The van der Waals surface area contributed by atoms with Crippen molar-refractivity contribution >= 4 is 45.6 Å². The summed E-state index contributed by atoms with van der Waals surface area (Å²) in [5.41, 5.74) is 7.85. The van der Waals surface area contributed by atoms with Gasteiger partial charge in [-0.05, 0) is 13.8 Å². The number of Topliss-reactive ketones (excluding diaryl/α,β-unsaturated/α-hetero) is 1. The molecule has 22 heavy (non-hydrogen) atoms. The Kier molecular flexibility index (Phi) is 3.88. The summed E-state index contributed by atoms with van der Waals surface area (Å²) >= 11 is 2.67. The van der Waals surface area contributed by atoms with E-state index in [4.69, 9.17) is 5.73 Å². The molecular formula is C14H14N4O2S2. The molecule has 2 aliphatic heterocycles. The second kappa shape index (κ2) is 5.69. The van der Waals surface area contributed by atoms with Crippen molar-refractivity contribution in [1.82, 2.24) is 4.98 Å². The monoisotopic (exact) mass is 334 g/mol. The molecule has 114 valence electrons.